The molecule has 0 aliphatic carbocycles. The molecule has 0 radical (unpaired) electrons. The van der Waals surface area contributed by atoms with Gasteiger partial charge in [-0.25, -0.2) is 0 Å². The summed E-state index contributed by atoms with van der Waals surface area (Å²) in [5.74, 6) is 0.710. The van der Waals surface area contributed by atoms with Gasteiger partial charge in [0.25, 0.3) is 0 Å². The van der Waals surface area contributed by atoms with E-state index in [2.05, 4.69) is 44.4 Å². The van der Waals surface area contributed by atoms with Crippen LogP contribution in [0, 0.1) is 0 Å². The Hall–Kier alpha value is -3.64. The third-order valence-electron chi connectivity index (χ3n) is 5.02. The number of aromatic amines is 2. The van der Waals surface area contributed by atoms with Crippen molar-refractivity contribution < 1.29 is 4.74 Å². The van der Waals surface area contributed by atoms with Crippen LogP contribution >= 0.6 is 0 Å². The summed E-state index contributed by atoms with van der Waals surface area (Å²) < 4.78 is 5.93. The van der Waals surface area contributed by atoms with Crippen LogP contribution in [0.1, 0.15) is 5.69 Å². The van der Waals surface area contributed by atoms with E-state index in [1.807, 2.05) is 42.7 Å². The van der Waals surface area contributed by atoms with Gasteiger partial charge in [-0.3, -0.25) is 10.1 Å². The molecule has 0 fully saturated rings. The van der Waals surface area contributed by atoms with Crippen LogP contribution < -0.4 is 10.5 Å². The largest absolute Gasteiger partial charge is 0.490 e. The minimum atomic E-state index is -0.117. The molecule has 2 aromatic carbocycles. The highest BCUT2D eigenvalue weighted by Crippen LogP contribution is 2.25. The number of pyridine rings is 1. The number of aromatic nitrogens is 4. The van der Waals surface area contributed by atoms with Crippen molar-refractivity contribution in [3.05, 3.63) is 78.9 Å². The van der Waals surface area contributed by atoms with Crippen LogP contribution in [0.4, 0.5) is 0 Å². The van der Waals surface area contributed by atoms with E-state index >= 15 is 0 Å². The highest BCUT2D eigenvalue weighted by molar-refractivity contribution is 5.84. The van der Waals surface area contributed by atoms with E-state index in [-0.39, 0.29) is 6.04 Å². The minimum Gasteiger partial charge on any atom is -0.490 e. The Bertz CT molecular complexity index is 1240. The molecule has 0 saturated heterocycles. The molecule has 5 rings (SSSR count). The maximum absolute atomic E-state index is 6.30. The van der Waals surface area contributed by atoms with Gasteiger partial charge in [-0.15, -0.1) is 0 Å². The molecule has 0 bridgehead atoms. The van der Waals surface area contributed by atoms with Gasteiger partial charge in [0.2, 0.25) is 0 Å². The smallest absolute Gasteiger partial charge is 0.138 e. The van der Waals surface area contributed by atoms with E-state index in [1.165, 1.54) is 5.39 Å². The number of hydrogen-bond acceptors (Lipinski definition) is 4. The summed E-state index contributed by atoms with van der Waals surface area (Å²) in [6.07, 6.45) is 6.09. The third-order valence-corrected chi connectivity index (χ3v) is 5.02. The zero-order valence-electron chi connectivity index (χ0n) is 15.8. The molecule has 4 N–H and O–H groups in total. The Morgan fingerprint density at radius 2 is 1.83 bits per heavy atom. The molecule has 0 saturated carbocycles. The summed E-state index contributed by atoms with van der Waals surface area (Å²) in [4.78, 5) is 7.74. The zero-order valence-corrected chi connectivity index (χ0v) is 15.8. The molecule has 144 valence electrons. The number of rotatable bonds is 6. The van der Waals surface area contributed by atoms with Crippen molar-refractivity contribution >= 4 is 21.8 Å². The summed E-state index contributed by atoms with van der Waals surface area (Å²) in [6.45, 7) is 0.418. The van der Waals surface area contributed by atoms with Gasteiger partial charge in [0, 0.05) is 40.8 Å². The fraction of sp³-hybridized carbons (Fsp3) is 0.130. The topological polar surface area (TPSA) is 92.6 Å². The van der Waals surface area contributed by atoms with Crippen molar-refractivity contribution in [2.45, 2.75) is 12.5 Å². The van der Waals surface area contributed by atoms with E-state index in [1.54, 1.807) is 6.20 Å². The van der Waals surface area contributed by atoms with Crippen molar-refractivity contribution in [2.24, 2.45) is 5.73 Å². The first kappa shape index (κ1) is 17.5. The van der Waals surface area contributed by atoms with E-state index in [4.69, 9.17) is 10.5 Å². The molecule has 0 amide bonds. The number of hydrogen-bond donors (Lipinski definition) is 3. The summed E-state index contributed by atoms with van der Waals surface area (Å²) in [5.41, 5.74) is 11.6. The van der Waals surface area contributed by atoms with Gasteiger partial charge in [-0.2, -0.15) is 5.10 Å². The van der Waals surface area contributed by atoms with Crippen LogP contribution in [-0.4, -0.2) is 32.8 Å². The van der Waals surface area contributed by atoms with Gasteiger partial charge < -0.3 is 15.5 Å². The molecule has 1 atom stereocenters. The van der Waals surface area contributed by atoms with E-state index in [0.29, 0.717) is 12.4 Å². The number of nitrogens with one attached hydrogen (secondary N) is 2. The molecule has 29 heavy (non-hydrogen) atoms. The first-order chi connectivity index (χ1) is 14.2. The second-order valence-electron chi connectivity index (χ2n) is 7.24. The van der Waals surface area contributed by atoms with Gasteiger partial charge in [0.1, 0.15) is 12.4 Å². The lowest BCUT2D eigenvalue weighted by atomic mass is 10.1. The van der Waals surface area contributed by atoms with Gasteiger partial charge in [0.05, 0.1) is 17.9 Å². The maximum atomic E-state index is 6.30. The van der Waals surface area contributed by atoms with Crippen LogP contribution in [0.2, 0.25) is 0 Å². The first-order valence-corrected chi connectivity index (χ1v) is 9.58. The Morgan fingerprint density at radius 1 is 0.897 bits per heavy atom. The quantitative estimate of drug-likeness (QED) is 0.412. The summed E-state index contributed by atoms with van der Waals surface area (Å²) in [5, 5.41) is 9.29. The highest BCUT2D eigenvalue weighted by Gasteiger charge is 2.09. The van der Waals surface area contributed by atoms with Crippen molar-refractivity contribution in [1.82, 2.24) is 20.2 Å². The van der Waals surface area contributed by atoms with Gasteiger partial charge in [0.15, 0.2) is 0 Å². The highest BCUT2D eigenvalue weighted by atomic mass is 16.5. The van der Waals surface area contributed by atoms with Crippen LogP contribution in [0.5, 0.6) is 5.75 Å². The number of nitrogens with zero attached hydrogens (tertiary/aromatic N) is 2. The number of ether oxygens (including phenoxy) is 1. The Morgan fingerprint density at radius 3 is 2.76 bits per heavy atom. The zero-order chi connectivity index (χ0) is 19.6. The van der Waals surface area contributed by atoms with Crippen molar-refractivity contribution in [2.75, 3.05) is 6.61 Å². The molecule has 6 nitrogen and oxygen atoms in total. The molecule has 5 aromatic rings. The normalized spacial score (nSPS) is 12.4. The van der Waals surface area contributed by atoms with E-state index in [9.17, 15) is 0 Å². The number of benzene rings is 2. The lowest BCUT2D eigenvalue weighted by Gasteiger charge is -2.13. The van der Waals surface area contributed by atoms with Crippen LogP contribution in [0.15, 0.2) is 73.2 Å². The summed E-state index contributed by atoms with van der Waals surface area (Å²) >= 11 is 0. The fourth-order valence-electron chi connectivity index (χ4n) is 3.57. The Balaban J connectivity index is 1.26. The second kappa shape index (κ2) is 7.41. The summed E-state index contributed by atoms with van der Waals surface area (Å²) in [6, 6.07) is 18.4. The monoisotopic (exact) mass is 383 g/mol. The average Bonchev–Trinajstić information content (AvgIpc) is 3.38. The second-order valence-corrected chi connectivity index (χ2v) is 7.24. The Kier molecular flexibility index (Phi) is 4.46. The lowest BCUT2D eigenvalue weighted by molar-refractivity contribution is 0.286. The minimum absolute atomic E-state index is 0.117. The van der Waals surface area contributed by atoms with Gasteiger partial charge in [-0.05, 0) is 41.3 Å². The molecular formula is C23H21N5O. The average molecular weight is 383 g/mol. The lowest BCUT2D eigenvalue weighted by Crippen LogP contribution is -2.30. The molecule has 0 spiro atoms. The predicted octanol–water partition coefficient (Wildman–Crippen LogP) is 4.06. The third kappa shape index (κ3) is 3.70. The predicted molar refractivity (Wildman–Crippen MR) is 115 cm³/mol. The molecule has 1 unspecified atom stereocenters. The standard InChI is InChI=1S/C23H21N5O/c24-19(10-20-8-16-3-1-2-4-22(16)27-20)14-29-21-9-17(11-25-13-21)15-5-6-23-18(7-15)12-26-28-23/h1-9,11-13,19,27H,10,14,24H2,(H,26,28). The SMILES string of the molecule is NC(COc1cncc(-c2ccc3[nH]ncc3c2)c1)Cc1cc2ccccc2[nH]1. The van der Waals surface area contributed by atoms with E-state index in [0.717, 1.165) is 39.7 Å². The summed E-state index contributed by atoms with van der Waals surface area (Å²) in [7, 11) is 0. The molecular weight excluding hydrogens is 362 g/mol. The van der Waals surface area contributed by atoms with Crippen LogP contribution in [0.25, 0.3) is 32.9 Å². The van der Waals surface area contributed by atoms with Crippen molar-refractivity contribution in [1.29, 1.82) is 0 Å². The van der Waals surface area contributed by atoms with Gasteiger partial charge >= 0.3 is 0 Å². The molecule has 3 heterocycles. The number of nitrogens with two attached hydrogens (primary N) is 1. The first-order valence-electron chi connectivity index (χ1n) is 9.58. The molecule has 6 heteroatoms. The fourth-order valence-corrected chi connectivity index (χ4v) is 3.57. The molecule has 3 aromatic heterocycles. The van der Waals surface area contributed by atoms with E-state index < -0.39 is 0 Å². The number of H-pyrrole nitrogens is 2. The number of fused-ring (bicyclic) bond motifs is 2. The maximum Gasteiger partial charge on any atom is 0.138 e. The van der Waals surface area contributed by atoms with Crippen LogP contribution in [-0.2, 0) is 6.42 Å². The van der Waals surface area contributed by atoms with Gasteiger partial charge in [-0.1, -0.05) is 24.3 Å². The number of para-hydroxylation sites is 1. The van der Waals surface area contributed by atoms with Crippen molar-refractivity contribution in [3.63, 3.8) is 0 Å². The molecule has 0 aliphatic heterocycles. The molecule has 0 aliphatic rings. The Labute approximate surface area is 167 Å². The van der Waals surface area contributed by atoms with Crippen molar-refractivity contribution in [3.8, 4) is 16.9 Å². The van der Waals surface area contributed by atoms with Crippen LogP contribution in [0.3, 0.4) is 0 Å².